The van der Waals surface area contributed by atoms with Crippen LogP contribution >= 0.6 is 0 Å². The van der Waals surface area contributed by atoms with Crippen molar-refractivity contribution in [2.24, 2.45) is 0 Å². The number of nitrogens with zero attached hydrogens (tertiary/aromatic N) is 2. The SMILES string of the molecule is Cc1ccc(C(CN2CCN(C(=O)OC(C)(C)C)[C@H](C)C2)Oc2ccc(S(=O)(=O)NCC(F)(F)F)cc2)cc1F. The number of hydrogen-bond acceptors (Lipinski definition) is 6. The van der Waals surface area contributed by atoms with Gasteiger partial charge in [0, 0.05) is 32.2 Å². The van der Waals surface area contributed by atoms with Crippen LogP contribution in [0.4, 0.5) is 22.4 Å². The van der Waals surface area contributed by atoms with Gasteiger partial charge in [-0.25, -0.2) is 22.3 Å². The van der Waals surface area contributed by atoms with E-state index in [4.69, 9.17) is 9.47 Å². The zero-order chi connectivity index (χ0) is 29.9. The molecule has 1 fully saturated rings. The molecule has 0 bridgehead atoms. The van der Waals surface area contributed by atoms with Crippen LogP contribution in [0.5, 0.6) is 5.75 Å². The molecule has 222 valence electrons. The van der Waals surface area contributed by atoms with E-state index in [2.05, 4.69) is 4.90 Å². The first-order valence-corrected chi connectivity index (χ1v) is 14.2. The summed E-state index contributed by atoms with van der Waals surface area (Å²) in [6, 6.07) is 9.54. The van der Waals surface area contributed by atoms with Crippen molar-refractivity contribution in [1.82, 2.24) is 14.5 Å². The summed E-state index contributed by atoms with van der Waals surface area (Å²) < 4.78 is 89.4. The average Bonchev–Trinajstić information content (AvgIpc) is 2.83. The Morgan fingerprint density at radius 2 is 1.75 bits per heavy atom. The van der Waals surface area contributed by atoms with Gasteiger partial charge in [0.05, 0.1) is 4.90 Å². The van der Waals surface area contributed by atoms with Crippen LogP contribution < -0.4 is 9.46 Å². The number of sulfonamides is 1. The third-order valence-corrected chi connectivity index (χ3v) is 7.62. The zero-order valence-corrected chi connectivity index (χ0v) is 23.9. The summed E-state index contributed by atoms with van der Waals surface area (Å²) in [5, 5.41) is 0. The minimum absolute atomic E-state index is 0.160. The molecule has 1 N–H and O–H groups in total. The smallest absolute Gasteiger partial charge is 0.410 e. The van der Waals surface area contributed by atoms with Crippen LogP contribution in [0, 0.1) is 12.7 Å². The number of rotatable bonds is 8. The molecule has 0 aliphatic carbocycles. The molecule has 0 saturated carbocycles. The Morgan fingerprint density at radius 1 is 1.10 bits per heavy atom. The van der Waals surface area contributed by atoms with E-state index in [-0.39, 0.29) is 16.7 Å². The highest BCUT2D eigenvalue weighted by Gasteiger charge is 2.33. The molecule has 1 heterocycles. The maximum Gasteiger partial charge on any atom is 0.410 e. The van der Waals surface area contributed by atoms with Gasteiger partial charge in [0.25, 0.3) is 0 Å². The van der Waals surface area contributed by atoms with Crippen molar-refractivity contribution in [1.29, 1.82) is 0 Å². The fourth-order valence-corrected chi connectivity index (χ4v) is 5.18. The van der Waals surface area contributed by atoms with Crippen LogP contribution in [-0.4, -0.2) is 74.9 Å². The van der Waals surface area contributed by atoms with Gasteiger partial charge in [-0.05, 0) is 76.1 Å². The van der Waals surface area contributed by atoms with Gasteiger partial charge >= 0.3 is 12.3 Å². The van der Waals surface area contributed by atoms with Crippen LogP contribution in [-0.2, 0) is 14.8 Å². The zero-order valence-electron chi connectivity index (χ0n) is 23.1. The molecule has 1 unspecified atom stereocenters. The number of piperazine rings is 1. The van der Waals surface area contributed by atoms with Gasteiger partial charge in [0.15, 0.2) is 0 Å². The first-order valence-electron chi connectivity index (χ1n) is 12.7. The first-order chi connectivity index (χ1) is 18.4. The monoisotopic (exact) mass is 589 g/mol. The Hall–Kier alpha value is -2.90. The lowest BCUT2D eigenvalue weighted by Crippen LogP contribution is -2.55. The lowest BCUT2D eigenvalue weighted by Gasteiger charge is -2.41. The van der Waals surface area contributed by atoms with Gasteiger partial charge in [-0.15, -0.1) is 0 Å². The topological polar surface area (TPSA) is 88.2 Å². The summed E-state index contributed by atoms with van der Waals surface area (Å²) in [5.41, 5.74) is 0.392. The van der Waals surface area contributed by atoms with E-state index >= 15 is 0 Å². The third-order valence-electron chi connectivity index (χ3n) is 6.21. The molecule has 13 heteroatoms. The van der Waals surface area contributed by atoms with Crippen LogP contribution in [0.25, 0.3) is 0 Å². The molecule has 2 atom stereocenters. The number of ether oxygens (including phenoxy) is 2. The number of aryl methyl sites for hydroxylation is 1. The van der Waals surface area contributed by atoms with Crippen LogP contribution in [0.3, 0.4) is 0 Å². The standard InChI is InChI=1S/C27H35F4N3O5S/c1-18-6-7-20(14-23(18)28)24(16-33-12-13-34(19(2)15-33)25(35)39-26(3,4)5)38-21-8-10-22(11-9-21)40(36,37)32-17-27(29,30)31/h6-11,14,19,24,32H,12-13,15-17H2,1-5H3/t19-,24?/m1/s1. The van der Waals surface area contributed by atoms with Crippen LogP contribution in [0.1, 0.15) is 44.9 Å². The maximum atomic E-state index is 14.5. The third kappa shape index (κ3) is 9.07. The highest BCUT2D eigenvalue weighted by molar-refractivity contribution is 7.89. The minimum atomic E-state index is -4.69. The Bertz CT molecular complexity index is 1280. The highest BCUT2D eigenvalue weighted by Crippen LogP contribution is 2.27. The quantitative estimate of drug-likeness (QED) is 0.435. The Kier molecular flexibility index (Phi) is 9.74. The average molecular weight is 590 g/mol. The van der Waals surface area contributed by atoms with E-state index in [0.29, 0.717) is 37.3 Å². The normalized spacial score (nSPS) is 17.9. The van der Waals surface area contributed by atoms with Crippen molar-refractivity contribution < 1.29 is 40.2 Å². The second-order valence-electron chi connectivity index (χ2n) is 10.8. The van der Waals surface area contributed by atoms with E-state index in [1.165, 1.54) is 22.9 Å². The number of carbonyl (C=O) groups is 1. The Labute approximate surface area is 232 Å². The number of alkyl halides is 3. The van der Waals surface area contributed by atoms with E-state index in [9.17, 15) is 30.8 Å². The number of benzene rings is 2. The molecule has 0 aromatic heterocycles. The lowest BCUT2D eigenvalue weighted by molar-refractivity contribution is -0.121. The van der Waals surface area contributed by atoms with Gasteiger partial charge < -0.3 is 14.4 Å². The molecule has 1 aliphatic heterocycles. The van der Waals surface area contributed by atoms with Gasteiger partial charge in [-0.2, -0.15) is 13.2 Å². The molecule has 2 aromatic rings. The molecule has 1 aliphatic rings. The molecule has 1 saturated heterocycles. The molecule has 2 aromatic carbocycles. The number of nitrogens with one attached hydrogen (secondary N) is 1. The number of amides is 1. The Balaban J connectivity index is 1.75. The molecule has 40 heavy (non-hydrogen) atoms. The second kappa shape index (κ2) is 12.3. The van der Waals surface area contributed by atoms with E-state index in [1.807, 2.05) is 6.92 Å². The van der Waals surface area contributed by atoms with E-state index in [0.717, 1.165) is 12.1 Å². The second-order valence-corrected chi connectivity index (χ2v) is 12.6. The summed E-state index contributed by atoms with van der Waals surface area (Å²) in [5.74, 6) is -0.160. The maximum absolute atomic E-state index is 14.5. The molecule has 3 rings (SSSR count). The van der Waals surface area contributed by atoms with Crippen molar-refractivity contribution in [3.8, 4) is 5.75 Å². The highest BCUT2D eigenvalue weighted by atomic mass is 32.2. The molecule has 8 nitrogen and oxygen atoms in total. The molecule has 0 spiro atoms. The minimum Gasteiger partial charge on any atom is -0.484 e. The first kappa shape index (κ1) is 31.6. The lowest BCUT2D eigenvalue weighted by atomic mass is 10.0. The van der Waals surface area contributed by atoms with E-state index < -0.39 is 46.4 Å². The van der Waals surface area contributed by atoms with Crippen molar-refractivity contribution in [2.45, 2.75) is 63.4 Å². The van der Waals surface area contributed by atoms with Crippen molar-refractivity contribution in [3.05, 3.63) is 59.4 Å². The molecule has 1 amide bonds. The molecular formula is C27H35F4N3O5S. The predicted octanol–water partition coefficient (Wildman–Crippen LogP) is 5.04. The fraction of sp³-hybridized carbons (Fsp3) is 0.519. The fourth-order valence-electron chi connectivity index (χ4n) is 4.17. The van der Waals surface area contributed by atoms with Crippen LogP contribution in [0.2, 0.25) is 0 Å². The van der Waals surface area contributed by atoms with Gasteiger partial charge in [-0.1, -0.05) is 12.1 Å². The van der Waals surface area contributed by atoms with Gasteiger partial charge in [0.2, 0.25) is 10.0 Å². The number of hydrogen-bond donors (Lipinski definition) is 1. The summed E-state index contributed by atoms with van der Waals surface area (Å²) >= 11 is 0. The van der Waals surface area contributed by atoms with Crippen molar-refractivity contribution in [2.75, 3.05) is 32.7 Å². The molecule has 0 radical (unpaired) electrons. The number of carbonyl (C=O) groups excluding carboxylic acids is 1. The summed E-state index contributed by atoms with van der Waals surface area (Å²) in [4.78, 5) is 16.0. The summed E-state index contributed by atoms with van der Waals surface area (Å²) in [6.45, 7) is 9.04. The van der Waals surface area contributed by atoms with Gasteiger partial charge in [-0.3, -0.25) is 4.90 Å². The van der Waals surface area contributed by atoms with Gasteiger partial charge in [0.1, 0.15) is 29.8 Å². The summed E-state index contributed by atoms with van der Waals surface area (Å²) in [7, 11) is -4.38. The van der Waals surface area contributed by atoms with Crippen LogP contribution in [0.15, 0.2) is 47.4 Å². The van der Waals surface area contributed by atoms with Crippen molar-refractivity contribution >= 4 is 16.1 Å². The van der Waals surface area contributed by atoms with E-state index in [1.54, 1.807) is 44.7 Å². The molecular weight excluding hydrogens is 554 g/mol. The Morgan fingerprint density at radius 3 is 2.30 bits per heavy atom. The number of halogens is 4. The largest absolute Gasteiger partial charge is 0.484 e. The van der Waals surface area contributed by atoms with Crippen molar-refractivity contribution in [3.63, 3.8) is 0 Å². The predicted molar refractivity (Wildman–Crippen MR) is 141 cm³/mol. The summed E-state index contributed by atoms with van der Waals surface area (Å²) in [6.07, 6.45) is -5.75.